The van der Waals surface area contributed by atoms with E-state index >= 15 is 0 Å². The zero-order chi connectivity index (χ0) is 14.8. The highest BCUT2D eigenvalue weighted by molar-refractivity contribution is 6.30. The van der Waals surface area contributed by atoms with Gasteiger partial charge >= 0.3 is 0 Å². The molecule has 0 unspecified atom stereocenters. The Morgan fingerprint density at radius 3 is 2.90 bits per heavy atom. The molecule has 3 aromatic rings. The van der Waals surface area contributed by atoms with Gasteiger partial charge in [-0.15, -0.1) is 0 Å². The van der Waals surface area contributed by atoms with Gasteiger partial charge in [-0.3, -0.25) is 4.79 Å². The van der Waals surface area contributed by atoms with Gasteiger partial charge in [0.05, 0.1) is 17.3 Å². The Hall–Kier alpha value is -2.67. The fraction of sp³-hybridized carbons (Fsp3) is 0.0769. The number of halogens is 1. The van der Waals surface area contributed by atoms with E-state index < -0.39 is 5.91 Å². The molecule has 3 heterocycles. The molecule has 3 aromatic heterocycles. The number of nitrogens with one attached hydrogen (secondary N) is 1. The second-order valence-corrected chi connectivity index (χ2v) is 4.75. The molecule has 0 aliphatic heterocycles. The summed E-state index contributed by atoms with van der Waals surface area (Å²) in [7, 11) is 0. The van der Waals surface area contributed by atoms with E-state index in [0.29, 0.717) is 10.7 Å². The molecule has 0 bridgehead atoms. The average Bonchev–Trinajstić information content (AvgIpc) is 2.87. The van der Waals surface area contributed by atoms with Crippen LogP contribution in [0.3, 0.4) is 0 Å². The minimum Gasteiger partial charge on any atom is -0.382 e. The van der Waals surface area contributed by atoms with Crippen LogP contribution in [0.15, 0.2) is 36.9 Å². The monoisotopic (exact) mass is 302 g/mol. The third kappa shape index (κ3) is 2.77. The van der Waals surface area contributed by atoms with Crippen LogP contribution in [-0.4, -0.2) is 25.3 Å². The standard InChI is InChI=1S/C13H11ClN6O/c14-8-1-2-10-19-9(7-20(10)6-8)5-18-13(21)11-12(15)17-4-3-16-11/h1-4,6-7H,5H2,(H2,15,17)(H,18,21). The third-order valence-corrected chi connectivity index (χ3v) is 3.06. The highest BCUT2D eigenvalue weighted by Gasteiger charge is 2.12. The second-order valence-electron chi connectivity index (χ2n) is 4.32. The molecular formula is C13H11ClN6O. The maximum absolute atomic E-state index is 12.0. The molecule has 0 aromatic carbocycles. The van der Waals surface area contributed by atoms with Gasteiger partial charge < -0.3 is 15.5 Å². The molecule has 21 heavy (non-hydrogen) atoms. The highest BCUT2D eigenvalue weighted by atomic mass is 35.5. The summed E-state index contributed by atoms with van der Waals surface area (Å²) < 4.78 is 1.79. The molecular weight excluding hydrogens is 292 g/mol. The lowest BCUT2D eigenvalue weighted by atomic mass is 10.3. The predicted octanol–water partition coefficient (Wildman–Crippen LogP) is 1.29. The number of hydrogen-bond donors (Lipinski definition) is 2. The molecule has 0 aliphatic carbocycles. The number of hydrogen-bond acceptors (Lipinski definition) is 5. The van der Waals surface area contributed by atoms with Crippen LogP contribution >= 0.6 is 11.6 Å². The number of fused-ring (bicyclic) bond motifs is 1. The maximum Gasteiger partial charge on any atom is 0.274 e. The van der Waals surface area contributed by atoms with Crippen LogP contribution in [0.5, 0.6) is 0 Å². The molecule has 8 heteroatoms. The van der Waals surface area contributed by atoms with E-state index in [0.717, 1.165) is 5.65 Å². The minimum atomic E-state index is -0.393. The molecule has 0 saturated heterocycles. The molecule has 3 N–H and O–H groups in total. The van der Waals surface area contributed by atoms with E-state index in [2.05, 4.69) is 20.3 Å². The van der Waals surface area contributed by atoms with Crippen molar-refractivity contribution in [3.05, 3.63) is 53.3 Å². The minimum absolute atomic E-state index is 0.0942. The lowest BCUT2D eigenvalue weighted by molar-refractivity contribution is 0.0946. The smallest absolute Gasteiger partial charge is 0.274 e. The van der Waals surface area contributed by atoms with Gasteiger partial charge in [-0.1, -0.05) is 11.6 Å². The summed E-state index contributed by atoms with van der Waals surface area (Å²) in [6, 6.07) is 3.56. The average molecular weight is 303 g/mol. The van der Waals surface area contributed by atoms with E-state index in [1.165, 1.54) is 12.4 Å². The lowest BCUT2D eigenvalue weighted by Gasteiger charge is -2.03. The predicted molar refractivity (Wildman–Crippen MR) is 77.8 cm³/mol. The maximum atomic E-state index is 12.0. The van der Waals surface area contributed by atoms with Crippen LogP contribution in [0.1, 0.15) is 16.2 Å². The Labute approximate surface area is 124 Å². The van der Waals surface area contributed by atoms with Crippen molar-refractivity contribution in [2.24, 2.45) is 0 Å². The SMILES string of the molecule is Nc1nccnc1C(=O)NCc1cn2cc(Cl)ccc2n1. The zero-order valence-corrected chi connectivity index (χ0v) is 11.6. The lowest BCUT2D eigenvalue weighted by Crippen LogP contribution is -2.25. The van der Waals surface area contributed by atoms with Crippen molar-refractivity contribution < 1.29 is 4.79 Å². The highest BCUT2D eigenvalue weighted by Crippen LogP contribution is 2.12. The Morgan fingerprint density at radius 2 is 2.10 bits per heavy atom. The van der Waals surface area contributed by atoms with Crippen molar-refractivity contribution in [1.82, 2.24) is 24.7 Å². The van der Waals surface area contributed by atoms with Gasteiger partial charge in [0.1, 0.15) is 5.65 Å². The third-order valence-electron chi connectivity index (χ3n) is 2.84. The fourth-order valence-electron chi connectivity index (χ4n) is 1.88. The number of aromatic nitrogens is 4. The van der Waals surface area contributed by atoms with E-state index in [1.807, 2.05) is 0 Å². The summed E-state index contributed by atoms with van der Waals surface area (Å²) in [5, 5.41) is 3.32. The summed E-state index contributed by atoms with van der Waals surface area (Å²) in [6.07, 6.45) is 6.38. The van der Waals surface area contributed by atoms with Crippen molar-refractivity contribution in [2.45, 2.75) is 6.54 Å². The molecule has 0 fully saturated rings. The van der Waals surface area contributed by atoms with Gasteiger partial charge in [0.25, 0.3) is 5.91 Å². The zero-order valence-electron chi connectivity index (χ0n) is 10.8. The van der Waals surface area contributed by atoms with Gasteiger partial charge in [0, 0.05) is 24.8 Å². The Morgan fingerprint density at radius 1 is 1.29 bits per heavy atom. The first kappa shape index (κ1) is 13.3. The van der Waals surface area contributed by atoms with Crippen molar-refractivity contribution >= 4 is 29.0 Å². The van der Waals surface area contributed by atoms with E-state index in [9.17, 15) is 4.79 Å². The molecule has 106 valence electrons. The molecule has 0 radical (unpaired) electrons. The van der Waals surface area contributed by atoms with Gasteiger partial charge in [-0.25, -0.2) is 15.0 Å². The number of nitrogens with two attached hydrogens (primary N) is 1. The largest absolute Gasteiger partial charge is 0.382 e. The van der Waals surface area contributed by atoms with Crippen molar-refractivity contribution in [2.75, 3.05) is 5.73 Å². The Kier molecular flexibility index (Phi) is 3.41. The van der Waals surface area contributed by atoms with Crippen molar-refractivity contribution in [3.8, 4) is 0 Å². The first-order valence-corrected chi connectivity index (χ1v) is 6.49. The van der Waals surface area contributed by atoms with E-state index in [4.69, 9.17) is 17.3 Å². The molecule has 7 nitrogen and oxygen atoms in total. The molecule has 0 atom stereocenters. The number of nitrogen functional groups attached to an aromatic ring is 1. The van der Waals surface area contributed by atoms with Gasteiger partial charge in [0.2, 0.25) is 0 Å². The molecule has 1 amide bonds. The van der Waals surface area contributed by atoms with E-state index in [1.54, 1.807) is 28.9 Å². The van der Waals surface area contributed by atoms with Crippen LogP contribution in [0, 0.1) is 0 Å². The van der Waals surface area contributed by atoms with Crippen LogP contribution in [0.4, 0.5) is 5.82 Å². The number of imidazole rings is 1. The molecule has 0 aliphatic rings. The van der Waals surface area contributed by atoms with Crippen molar-refractivity contribution in [1.29, 1.82) is 0 Å². The summed E-state index contributed by atoms with van der Waals surface area (Å²) >= 11 is 5.91. The van der Waals surface area contributed by atoms with Crippen LogP contribution in [0.2, 0.25) is 5.02 Å². The fourth-order valence-corrected chi connectivity index (χ4v) is 2.05. The normalized spacial score (nSPS) is 10.7. The number of nitrogens with zero attached hydrogens (tertiary/aromatic N) is 4. The second kappa shape index (κ2) is 5.37. The first-order chi connectivity index (χ1) is 10.1. The van der Waals surface area contributed by atoms with Crippen LogP contribution in [0.25, 0.3) is 5.65 Å². The van der Waals surface area contributed by atoms with Crippen LogP contribution < -0.4 is 11.1 Å². The number of anilines is 1. The Bertz CT molecular complexity index is 815. The number of carbonyl (C=O) groups is 1. The van der Waals surface area contributed by atoms with E-state index in [-0.39, 0.29) is 18.1 Å². The number of rotatable bonds is 3. The topological polar surface area (TPSA) is 98.2 Å². The molecule has 0 spiro atoms. The number of pyridine rings is 1. The first-order valence-electron chi connectivity index (χ1n) is 6.11. The quantitative estimate of drug-likeness (QED) is 0.759. The molecule has 3 rings (SSSR count). The molecule has 0 saturated carbocycles. The van der Waals surface area contributed by atoms with Crippen LogP contribution in [-0.2, 0) is 6.54 Å². The summed E-state index contributed by atoms with van der Waals surface area (Å²) in [4.78, 5) is 24.0. The van der Waals surface area contributed by atoms with Crippen molar-refractivity contribution in [3.63, 3.8) is 0 Å². The number of carbonyl (C=O) groups excluding carboxylic acids is 1. The van der Waals surface area contributed by atoms with Gasteiger partial charge in [0.15, 0.2) is 11.5 Å². The van der Waals surface area contributed by atoms with Gasteiger partial charge in [-0.05, 0) is 12.1 Å². The van der Waals surface area contributed by atoms with Gasteiger partial charge in [-0.2, -0.15) is 0 Å². The summed E-state index contributed by atoms with van der Waals surface area (Å²) in [5.74, 6) is -0.299. The Balaban J connectivity index is 1.74. The number of amides is 1. The summed E-state index contributed by atoms with van der Waals surface area (Å²) in [5.41, 5.74) is 7.16. The summed E-state index contributed by atoms with van der Waals surface area (Å²) in [6.45, 7) is 0.258.